The Kier molecular flexibility index (Phi) is 3.11. The summed E-state index contributed by atoms with van der Waals surface area (Å²) in [5.74, 6) is 2.42. The summed E-state index contributed by atoms with van der Waals surface area (Å²) in [6.45, 7) is 5.41. The fourth-order valence-electron chi connectivity index (χ4n) is 3.08. The molecule has 1 heteroatoms. The smallest absolute Gasteiger partial charge is 0.0180 e. The number of rotatable bonds is 2. The van der Waals surface area contributed by atoms with Crippen molar-refractivity contribution in [2.75, 3.05) is 0 Å². The Hall–Kier alpha value is -0.820. The lowest BCUT2D eigenvalue weighted by molar-refractivity contribution is 0.523. The summed E-state index contributed by atoms with van der Waals surface area (Å²) in [6.07, 6.45) is 2.70. The van der Waals surface area contributed by atoms with E-state index in [1.165, 1.54) is 24.0 Å². The predicted octanol–water partition coefficient (Wildman–Crippen LogP) is 3.29. The maximum atomic E-state index is 5.80. The molecule has 0 aromatic heterocycles. The van der Waals surface area contributed by atoms with Gasteiger partial charge >= 0.3 is 0 Å². The van der Waals surface area contributed by atoms with Crippen LogP contribution in [-0.4, -0.2) is 0 Å². The summed E-state index contributed by atoms with van der Waals surface area (Å²) in [7, 11) is 0. The van der Waals surface area contributed by atoms with Gasteiger partial charge in [-0.2, -0.15) is 0 Å². The van der Waals surface area contributed by atoms with Crippen LogP contribution in [0, 0.1) is 11.8 Å². The zero-order chi connectivity index (χ0) is 10.8. The van der Waals surface area contributed by atoms with Gasteiger partial charge in [-0.15, -0.1) is 0 Å². The van der Waals surface area contributed by atoms with Crippen molar-refractivity contribution in [2.45, 2.75) is 39.2 Å². The molecule has 1 nitrogen and oxygen atoms in total. The van der Waals surface area contributed by atoms with Gasteiger partial charge in [-0.3, -0.25) is 0 Å². The molecular formula is C14H21N. The first kappa shape index (κ1) is 10.7. The molecule has 0 saturated heterocycles. The van der Waals surface area contributed by atoms with Crippen LogP contribution in [0.4, 0.5) is 0 Å². The van der Waals surface area contributed by atoms with Gasteiger partial charge in [0, 0.05) is 6.54 Å². The number of hydrogen-bond donors (Lipinski definition) is 1. The zero-order valence-corrected chi connectivity index (χ0v) is 9.74. The van der Waals surface area contributed by atoms with Gasteiger partial charge in [0.15, 0.2) is 0 Å². The summed E-state index contributed by atoms with van der Waals surface area (Å²) in [4.78, 5) is 0. The molecule has 82 valence electrons. The van der Waals surface area contributed by atoms with E-state index in [-0.39, 0.29) is 0 Å². The average Bonchev–Trinajstić information content (AvgIpc) is 2.57. The molecule has 2 rings (SSSR count). The molecule has 3 unspecified atom stereocenters. The number of nitrogens with two attached hydrogens (primary N) is 1. The standard InChI is InChI=1S/C14H21N/c1-10-7-11(2)14(8-10)13-6-4-3-5-12(13)9-15/h3-6,10-11,14H,7-9,15H2,1-2H3. The Balaban J connectivity index is 2.29. The van der Waals surface area contributed by atoms with Crippen molar-refractivity contribution in [1.82, 2.24) is 0 Å². The first-order valence-electron chi connectivity index (χ1n) is 6.00. The lowest BCUT2D eigenvalue weighted by Crippen LogP contribution is -2.08. The second kappa shape index (κ2) is 4.36. The van der Waals surface area contributed by atoms with Crippen molar-refractivity contribution >= 4 is 0 Å². The molecule has 1 aromatic rings. The highest BCUT2D eigenvalue weighted by Gasteiger charge is 2.30. The van der Waals surface area contributed by atoms with Crippen LogP contribution in [0.5, 0.6) is 0 Å². The molecule has 1 fully saturated rings. The Morgan fingerprint density at radius 2 is 1.93 bits per heavy atom. The SMILES string of the molecule is CC1CC(C)C(c2ccccc2CN)C1. The predicted molar refractivity (Wildman–Crippen MR) is 64.6 cm³/mol. The quantitative estimate of drug-likeness (QED) is 0.784. The van der Waals surface area contributed by atoms with Crippen molar-refractivity contribution in [3.63, 3.8) is 0 Å². The van der Waals surface area contributed by atoms with E-state index in [0.717, 1.165) is 17.8 Å². The van der Waals surface area contributed by atoms with Crippen LogP contribution in [0.3, 0.4) is 0 Å². The fraction of sp³-hybridized carbons (Fsp3) is 0.571. The normalized spacial score (nSPS) is 30.7. The molecule has 1 aliphatic carbocycles. The number of hydrogen-bond acceptors (Lipinski definition) is 1. The minimum atomic E-state index is 0.674. The van der Waals surface area contributed by atoms with Crippen LogP contribution in [0.15, 0.2) is 24.3 Å². The van der Waals surface area contributed by atoms with E-state index in [1.807, 2.05) is 0 Å². The maximum Gasteiger partial charge on any atom is 0.0180 e. The molecule has 1 aromatic carbocycles. The van der Waals surface area contributed by atoms with Gasteiger partial charge in [0.2, 0.25) is 0 Å². The molecule has 0 radical (unpaired) electrons. The topological polar surface area (TPSA) is 26.0 Å². The Labute approximate surface area is 92.7 Å². The van der Waals surface area contributed by atoms with Gasteiger partial charge in [-0.25, -0.2) is 0 Å². The van der Waals surface area contributed by atoms with Crippen molar-refractivity contribution in [3.05, 3.63) is 35.4 Å². The second-order valence-electron chi connectivity index (χ2n) is 5.06. The van der Waals surface area contributed by atoms with E-state index in [4.69, 9.17) is 5.73 Å². The molecule has 2 N–H and O–H groups in total. The van der Waals surface area contributed by atoms with Gasteiger partial charge < -0.3 is 5.73 Å². The van der Waals surface area contributed by atoms with Crippen LogP contribution in [0.1, 0.15) is 43.7 Å². The number of benzene rings is 1. The Bertz CT molecular complexity index is 332. The molecule has 0 heterocycles. The van der Waals surface area contributed by atoms with Crippen molar-refractivity contribution < 1.29 is 0 Å². The lowest BCUT2D eigenvalue weighted by Gasteiger charge is -2.18. The fourth-order valence-corrected chi connectivity index (χ4v) is 3.08. The largest absolute Gasteiger partial charge is 0.326 e. The molecule has 15 heavy (non-hydrogen) atoms. The van der Waals surface area contributed by atoms with Gasteiger partial charge in [-0.05, 0) is 41.7 Å². The second-order valence-corrected chi connectivity index (χ2v) is 5.06. The molecule has 1 aliphatic rings. The Morgan fingerprint density at radius 3 is 2.53 bits per heavy atom. The minimum Gasteiger partial charge on any atom is -0.326 e. The van der Waals surface area contributed by atoms with E-state index < -0.39 is 0 Å². The van der Waals surface area contributed by atoms with Crippen LogP contribution in [-0.2, 0) is 6.54 Å². The summed E-state index contributed by atoms with van der Waals surface area (Å²) < 4.78 is 0. The first-order valence-corrected chi connectivity index (χ1v) is 6.00. The maximum absolute atomic E-state index is 5.80. The summed E-state index contributed by atoms with van der Waals surface area (Å²) in [5, 5.41) is 0. The molecule has 0 spiro atoms. The average molecular weight is 203 g/mol. The van der Waals surface area contributed by atoms with E-state index in [0.29, 0.717) is 6.54 Å². The van der Waals surface area contributed by atoms with Crippen LogP contribution in [0.2, 0.25) is 0 Å². The molecule has 0 aliphatic heterocycles. The highest BCUT2D eigenvalue weighted by Crippen LogP contribution is 2.43. The van der Waals surface area contributed by atoms with Crippen LogP contribution < -0.4 is 5.73 Å². The first-order chi connectivity index (χ1) is 7.22. The highest BCUT2D eigenvalue weighted by molar-refractivity contribution is 5.31. The van der Waals surface area contributed by atoms with Gasteiger partial charge in [-0.1, -0.05) is 38.1 Å². The van der Waals surface area contributed by atoms with Gasteiger partial charge in [0.1, 0.15) is 0 Å². The Morgan fingerprint density at radius 1 is 1.20 bits per heavy atom. The lowest BCUT2D eigenvalue weighted by atomic mass is 9.87. The van der Waals surface area contributed by atoms with Crippen molar-refractivity contribution in [2.24, 2.45) is 17.6 Å². The van der Waals surface area contributed by atoms with E-state index in [1.54, 1.807) is 0 Å². The minimum absolute atomic E-state index is 0.674. The third-order valence-corrected chi connectivity index (χ3v) is 3.79. The van der Waals surface area contributed by atoms with Crippen LogP contribution >= 0.6 is 0 Å². The van der Waals surface area contributed by atoms with Crippen molar-refractivity contribution in [3.8, 4) is 0 Å². The zero-order valence-electron chi connectivity index (χ0n) is 9.74. The van der Waals surface area contributed by atoms with Crippen molar-refractivity contribution in [1.29, 1.82) is 0 Å². The molecular weight excluding hydrogens is 182 g/mol. The molecule has 3 atom stereocenters. The summed E-state index contributed by atoms with van der Waals surface area (Å²) in [5.41, 5.74) is 8.63. The monoisotopic (exact) mass is 203 g/mol. The third kappa shape index (κ3) is 2.07. The van der Waals surface area contributed by atoms with E-state index in [2.05, 4.69) is 38.1 Å². The van der Waals surface area contributed by atoms with Crippen LogP contribution in [0.25, 0.3) is 0 Å². The summed E-state index contributed by atoms with van der Waals surface area (Å²) >= 11 is 0. The molecule has 1 saturated carbocycles. The van der Waals surface area contributed by atoms with Gasteiger partial charge in [0.05, 0.1) is 0 Å². The summed E-state index contributed by atoms with van der Waals surface area (Å²) in [6, 6.07) is 8.67. The van der Waals surface area contributed by atoms with E-state index in [9.17, 15) is 0 Å². The van der Waals surface area contributed by atoms with E-state index >= 15 is 0 Å². The van der Waals surface area contributed by atoms with Gasteiger partial charge in [0.25, 0.3) is 0 Å². The molecule has 0 amide bonds. The molecule has 0 bridgehead atoms. The highest BCUT2D eigenvalue weighted by atomic mass is 14.5. The third-order valence-electron chi connectivity index (χ3n) is 3.79.